The molecule has 0 saturated carbocycles. The summed E-state index contributed by atoms with van der Waals surface area (Å²) in [7, 11) is 1.54. The van der Waals surface area contributed by atoms with Crippen molar-refractivity contribution < 1.29 is 14.3 Å². The number of hydrogen-bond acceptors (Lipinski definition) is 5. The van der Waals surface area contributed by atoms with Gasteiger partial charge in [0.25, 0.3) is 5.91 Å². The Bertz CT molecular complexity index is 703. The maximum atomic E-state index is 11.7. The highest BCUT2D eigenvalue weighted by molar-refractivity contribution is 7.12. The van der Waals surface area contributed by atoms with E-state index in [2.05, 4.69) is 16.4 Å². The van der Waals surface area contributed by atoms with Gasteiger partial charge < -0.3 is 9.47 Å². The molecule has 5 nitrogen and oxygen atoms in total. The van der Waals surface area contributed by atoms with Crippen LogP contribution in [-0.2, 0) is 0 Å². The van der Waals surface area contributed by atoms with E-state index in [1.165, 1.54) is 24.7 Å². The number of methoxy groups -OCH3 is 1. The lowest BCUT2D eigenvalue weighted by Crippen LogP contribution is -2.16. The summed E-state index contributed by atoms with van der Waals surface area (Å²) in [4.78, 5) is 12.3. The summed E-state index contributed by atoms with van der Waals surface area (Å²) in [6.07, 6.45) is 6.68. The minimum absolute atomic E-state index is 0.167. The SMILES string of the molecule is C#CCOc1ccc(/C=N\NC(=O)c2cccs2)cc1OC. The average molecular weight is 314 g/mol. The van der Waals surface area contributed by atoms with Crippen LogP contribution < -0.4 is 14.9 Å². The molecule has 1 heterocycles. The molecule has 0 saturated heterocycles. The number of hydrazone groups is 1. The first kappa shape index (κ1) is 15.6. The van der Waals surface area contributed by atoms with E-state index in [4.69, 9.17) is 15.9 Å². The Hall–Kier alpha value is -2.78. The number of benzene rings is 1. The summed E-state index contributed by atoms with van der Waals surface area (Å²) in [5.74, 6) is 3.25. The molecule has 1 aromatic heterocycles. The van der Waals surface area contributed by atoms with Crippen molar-refractivity contribution in [1.82, 2.24) is 5.43 Å². The van der Waals surface area contributed by atoms with Gasteiger partial charge in [-0.3, -0.25) is 4.79 Å². The molecule has 0 fully saturated rings. The minimum atomic E-state index is -0.243. The second kappa shape index (κ2) is 7.86. The molecule has 6 heteroatoms. The summed E-state index contributed by atoms with van der Waals surface area (Å²) >= 11 is 1.35. The Kier molecular flexibility index (Phi) is 5.57. The van der Waals surface area contributed by atoms with Gasteiger partial charge in [0.15, 0.2) is 11.5 Å². The molecule has 0 bridgehead atoms. The normalized spacial score (nSPS) is 10.2. The number of thiophene rings is 1. The van der Waals surface area contributed by atoms with Gasteiger partial charge in [-0.2, -0.15) is 5.10 Å². The number of ether oxygens (including phenoxy) is 2. The smallest absolute Gasteiger partial charge is 0.281 e. The number of nitrogens with one attached hydrogen (secondary N) is 1. The van der Waals surface area contributed by atoms with Crippen LogP contribution in [0.25, 0.3) is 0 Å². The third-order valence-electron chi connectivity index (χ3n) is 2.62. The molecular formula is C16H14N2O3S. The van der Waals surface area contributed by atoms with Gasteiger partial charge in [0, 0.05) is 0 Å². The van der Waals surface area contributed by atoms with E-state index < -0.39 is 0 Å². The van der Waals surface area contributed by atoms with Crippen LogP contribution in [-0.4, -0.2) is 25.8 Å². The fourth-order valence-electron chi connectivity index (χ4n) is 1.63. The van der Waals surface area contributed by atoms with E-state index in [-0.39, 0.29) is 12.5 Å². The lowest BCUT2D eigenvalue weighted by molar-refractivity contribution is 0.0959. The lowest BCUT2D eigenvalue weighted by atomic mass is 10.2. The Balaban J connectivity index is 2.02. The van der Waals surface area contributed by atoms with Crippen LogP contribution in [0.3, 0.4) is 0 Å². The first-order valence-electron chi connectivity index (χ1n) is 6.36. The number of carbonyl (C=O) groups is 1. The largest absolute Gasteiger partial charge is 0.493 e. The standard InChI is InChI=1S/C16H14N2O3S/c1-3-8-21-13-7-6-12(10-14(13)20-2)11-17-18-16(19)15-5-4-9-22-15/h1,4-7,9-11H,8H2,2H3,(H,18,19)/b17-11-. The van der Waals surface area contributed by atoms with Crippen LogP contribution in [0.15, 0.2) is 40.8 Å². The van der Waals surface area contributed by atoms with Crippen molar-refractivity contribution >= 4 is 23.5 Å². The van der Waals surface area contributed by atoms with Gasteiger partial charge in [0.05, 0.1) is 18.2 Å². The number of amides is 1. The molecule has 2 rings (SSSR count). The van der Waals surface area contributed by atoms with Gasteiger partial charge in [-0.25, -0.2) is 5.43 Å². The molecule has 0 unspecified atom stereocenters. The van der Waals surface area contributed by atoms with E-state index in [1.54, 1.807) is 24.3 Å². The number of carbonyl (C=O) groups excluding carboxylic acids is 1. The van der Waals surface area contributed by atoms with Crippen molar-refractivity contribution in [1.29, 1.82) is 0 Å². The minimum Gasteiger partial charge on any atom is -0.493 e. The monoisotopic (exact) mass is 314 g/mol. The molecule has 0 aliphatic heterocycles. The maximum absolute atomic E-state index is 11.7. The molecule has 0 aliphatic carbocycles. The fraction of sp³-hybridized carbons (Fsp3) is 0.125. The number of nitrogens with zero attached hydrogens (tertiary/aromatic N) is 1. The van der Waals surface area contributed by atoms with Crippen LogP contribution in [0.5, 0.6) is 11.5 Å². The summed E-state index contributed by atoms with van der Waals surface area (Å²) in [5, 5.41) is 5.75. The van der Waals surface area contributed by atoms with Gasteiger partial charge in [-0.15, -0.1) is 17.8 Å². The van der Waals surface area contributed by atoms with Gasteiger partial charge in [-0.05, 0) is 35.2 Å². The average Bonchev–Trinajstić information content (AvgIpc) is 3.07. The summed E-state index contributed by atoms with van der Waals surface area (Å²) in [5.41, 5.74) is 3.22. The van der Waals surface area contributed by atoms with Crippen LogP contribution in [0, 0.1) is 12.3 Å². The highest BCUT2D eigenvalue weighted by Crippen LogP contribution is 2.27. The van der Waals surface area contributed by atoms with Crippen LogP contribution in [0.2, 0.25) is 0 Å². The predicted molar refractivity (Wildman–Crippen MR) is 86.7 cm³/mol. The third-order valence-corrected chi connectivity index (χ3v) is 3.49. The van der Waals surface area contributed by atoms with Crippen molar-refractivity contribution in [3.63, 3.8) is 0 Å². The van der Waals surface area contributed by atoms with Crippen molar-refractivity contribution in [3.8, 4) is 23.8 Å². The molecule has 112 valence electrons. The highest BCUT2D eigenvalue weighted by Gasteiger charge is 2.06. The Labute approximate surface area is 132 Å². The second-order valence-corrected chi connectivity index (χ2v) is 5.03. The third kappa shape index (κ3) is 4.11. The van der Waals surface area contributed by atoms with E-state index in [0.29, 0.717) is 16.4 Å². The molecule has 1 N–H and O–H groups in total. The summed E-state index contributed by atoms with van der Waals surface area (Å²) in [6.45, 7) is 0.167. The molecule has 1 amide bonds. The first-order valence-corrected chi connectivity index (χ1v) is 7.23. The number of hydrogen-bond donors (Lipinski definition) is 1. The Morgan fingerprint density at radius 2 is 2.32 bits per heavy atom. The predicted octanol–water partition coefficient (Wildman–Crippen LogP) is 2.53. The van der Waals surface area contributed by atoms with Crippen LogP contribution in [0.4, 0.5) is 0 Å². The van der Waals surface area contributed by atoms with Gasteiger partial charge in [0.2, 0.25) is 0 Å². The molecule has 0 atom stereocenters. The molecule has 22 heavy (non-hydrogen) atoms. The zero-order chi connectivity index (χ0) is 15.8. The van der Waals surface area contributed by atoms with Crippen molar-refractivity contribution in [3.05, 3.63) is 46.2 Å². The van der Waals surface area contributed by atoms with Gasteiger partial charge >= 0.3 is 0 Å². The molecule has 2 aromatic rings. The van der Waals surface area contributed by atoms with E-state index in [0.717, 1.165) is 5.56 Å². The summed E-state index contributed by atoms with van der Waals surface area (Å²) in [6, 6.07) is 8.81. The topological polar surface area (TPSA) is 59.9 Å². The molecular weight excluding hydrogens is 300 g/mol. The number of terminal acetylenes is 1. The van der Waals surface area contributed by atoms with E-state index >= 15 is 0 Å². The maximum Gasteiger partial charge on any atom is 0.281 e. The zero-order valence-corrected chi connectivity index (χ0v) is 12.7. The Morgan fingerprint density at radius 1 is 1.45 bits per heavy atom. The zero-order valence-electron chi connectivity index (χ0n) is 11.9. The van der Waals surface area contributed by atoms with E-state index in [1.807, 2.05) is 11.4 Å². The van der Waals surface area contributed by atoms with Gasteiger partial charge in [-0.1, -0.05) is 12.0 Å². The quantitative estimate of drug-likeness (QED) is 0.506. The van der Waals surface area contributed by atoms with Crippen molar-refractivity contribution in [2.24, 2.45) is 5.10 Å². The molecule has 0 spiro atoms. The molecule has 0 radical (unpaired) electrons. The van der Waals surface area contributed by atoms with Crippen molar-refractivity contribution in [2.45, 2.75) is 0 Å². The fourth-order valence-corrected chi connectivity index (χ4v) is 2.24. The molecule has 0 aliphatic rings. The Morgan fingerprint density at radius 3 is 3.00 bits per heavy atom. The number of rotatable bonds is 6. The van der Waals surface area contributed by atoms with Crippen LogP contribution in [0.1, 0.15) is 15.2 Å². The highest BCUT2D eigenvalue weighted by atomic mass is 32.1. The summed E-state index contributed by atoms with van der Waals surface area (Å²) < 4.78 is 10.6. The molecule has 1 aromatic carbocycles. The van der Waals surface area contributed by atoms with Crippen LogP contribution >= 0.6 is 11.3 Å². The van der Waals surface area contributed by atoms with E-state index in [9.17, 15) is 4.79 Å². The first-order chi connectivity index (χ1) is 10.7. The second-order valence-electron chi connectivity index (χ2n) is 4.08. The lowest BCUT2D eigenvalue weighted by Gasteiger charge is -2.08. The van der Waals surface area contributed by atoms with Crippen molar-refractivity contribution in [2.75, 3.05) is 13.7 Å². The van der Waals surface area contributed by atoms with Gasteiger partial charge in [0.1, 0.15) is 6.61 Å².